The van der Waals surface area contributed by atoms with Gasteiger partial charge in [0.2, 0.25) is 0 Å². The van der Waals surface area contributed by atoms with Gasteiger partial charge in [0, 0.05) is 23.1 Å². The van der Waals surface area contributed by atoms with Crippen LogP contribution in [-0.4, -0.2) is 42.4 Å². The zero-order chi connectivity index (χ0) is 21.5. The molecule has 4 N–H and O–H groups in total. The number of carbonyl (C=O) groups is 1. The number of pyridine rings is 1. The number of hydrogen-bond donors (Lipinski definition) is 3. The minimum absolute atomic E-state index is 0. The van der Waals surface area contributed by atoms with E-state index in [2.05, 4.69) is 9.97 Å². The van der Waals surface area contributed by atoms with Crippen LogP contribution >= 0.6 is 12.4 Å². The molecule has 168 valence electrons. The summed E-state index contributed by atoms with van der Waals surface area (Å²) in [4.78, 5) is 30.0. The fourth-order valence-electron chi connectivity index (χ4n) is 3.89. The Morgan fingerprint density at radius 1 is 1.29 bits per heavy atom. The van der Waals surface area contributed by atoms with Crippen LogP contribution in [0.15, 0.2) is 34.1 Å². The molecule has 0 saturated heterocycles. The number of H-pyrrole nitrogens is 2. The molecule has 3 aromatic rings. The average Bonchev–Trinajstić information content (AvgIpc) is 3.33. The lowest BCUT2D eigenvalue weighted by Gasteiger charge is -2.13. The molecule has 0 bridgehead atoms. The van der Waals surface area contributed by atoms with Crippen molar-refractivity contribution in [3.8, 4) is 5.75 Å². The lowest BCUT2D eigenvalue weighted by Crippen LogP contribution is -2.22. The molecular weight excluding hydrogens is 446 g/mol. The third-order valence-corrected chi connectivity index (χ3v) is 7.61. The van der Waals surface area contributed by atoms with Crippen LogP contribution in [0.1, 0.15) is 32.6 Å². The monoisotopic (exact) mass is 469 g/mol. The van der Waals surface area contributed by atoms with Crippen molar-refractivity contribution >= 4 is 50.2 Å². The van der Waals surface area contributed by atoms with E-state index in [0.29, 0.717) is 42.0 Å². The summed E-state index contributed by atoms with van der Waals surface area (Å²) in [6.07, 6.45) is 2.73. The summed E-state index contributed by atoms with van der Waals surface area (Å²) < 4.78 is 36.4. The van der Waals surface area contributed by atoms with E-state index in [1.54, 1.807) is 6.07 Å². The average molecular weight is 470 g/mol. The van der Waals surface area contributed by atoms with Gasteiger partial charge in [0.15, 0.2) is 15.6 Å². The maximum atomic E-state index is 13.1. The standard InChI is InChI=1S/C20H23N3O6S.ClH/c1-2-7-28-20(25)29-16-10-22-18-17(16)14-9-13(5-6-15(14)23-19(18)24)30(26,27)12-4-3-11(21)8-12;/h5-6,9-12,22H,2-4,7-8,21H2,1H3,(H,23,24);1H/t11?,12-;/m1./s1. The Hall–Kier alpha value is -2.56. The predicted molar refractivity (Wildman–Crippen MR) is 119 cm³/mol. The van der Waals surface area contributed by atoms with Crippen LogP contribution in [-0.2, 0) is 14.6 Å². The molecule has 2 atom stereocenters. The number of ether oxygens (including phenoxy) is 2. The number of aromatic amines is 2. The maximum absolute atomic E-state index is 13.1. The molecule has 1 aliphatic carbocycles. The zero-order valence-corrected chi connectivity index (χ0v) is 18.5. The first-order valence-corrected chi connectivity index (χ1v) is 11.4. The molecule has 1 aromatic carbocycles. The summed E-state index contributed by atoms with van der Waals surface area (Å²) in [5.41, 5.74) is 6.10. The molecule has 4 rings (SSSR count). The van der Waals surface area contributed by atoms with Crippen molar-refractivity contribution in [2.45, 2.75) is 48.8 Å². The van der Waals surface area contributed by atoms with Gasteiger partial charge in [-0.05, 0) is 43.9 Å². The SMILES string of the molecule is CCCOC(=O)Oc1c[nH]c2c(=O)[nH]c3ccc(S(=O)(=O)[C@@H]4CCC(N)C4)cc3c12.Cl. The topological polar surface area (TPSA) is 144 Å². The van der Waals surface area contributed by atoms with Gasteiger partial charge in [0.05, 0.1) is 22.1 Å². The van der Waals surface area contributed by atoms with Gasteiger partial charge < -0.3 is 25.2 Å². The summed E-state index contributed by atoms with van der Waals surface area (Å²) in [5, 5.41) is 0.240. The summed E-state index contributed by atoms with van der Waals surface area (Å²) >= 11 is 0. The number of aromatic nitrogens is 2. The number of fused-ring (bicyclic) bond motifs is 3. The van der Waals surface area contributed by atoms with Crippen LogP contribution in [0, 0.1) is 0 Å². The van der Waals surface area contributed by atoms with Crippen molar-refractivity contribution in [2.24, 2.45) is 5.73 Å². The highest BCUT2D eigenvalue weighted by atomic mass is 35.5. The third-order valence-electron chi connectivity index (χ3n) is 5.39. The number of hydrogen-bond acceptors (Lipinski definition) is 7. The molecule has 1 saturated carbocycles. The minimum Gasteiger partial charge on any atom is -0.434 e. The molecule has 0 radical (unpaired) electrons. The molecule has 1 unspecified atom stereocenters. The van der Waals surface area contributed by atoms with E-state index in [9.17, 15) is 18.0 Å². The summed E-state index contributed by atoms with van der Waals surface area (Å²) in [6, 6.07) is 4.41. The molecule has 1 aliphatic rings. The fourth-order valence-corrected chi connectivity index (χ4v) is 5.76. The van der Waals surface area contributed by atoms with Crippen molar-refractivity contribution < 1.29 is 22.7 Å². The second-order valence-corrected chi connectivity index (χ2v) is 9.73. The predicted octanol–water partition coefficient (Wildman–Crippen LogP) is 3.01. The van der Waals surface area contributed by atoms with Crippen LogP contribution in [0.4, 0.5) is 4.79 Å². The Bertz CT molecular complexity index is 1280. The molecule has 9 nitrogen and oxygen atoms in total. The molecule has 0 aliphatic heterocycles. The number of carbonyl (C=O) groups excluding carboxylic acids is 1. The Balaban J connectivity index is 0.00000272. The van der Waals surface area contributed by atoms with Gasteiger partial charge in [-0.3, -0.25) is 4.79 Å². The second-order valence-electron chi connectivity index (χ2n) is 7.51. The van der Waals surface area contributed by atoms with E-state index in [1.165, 1.54) is 18.3 Å². The van der Waals surface area contributed by atoms with Crippen LogP contribution in [0.2, 0.25) is 0 Å². The van der Waals surface area contributed by atoms with E-state index in [0.717, 1.165) is 0 Å². The number of halogens is 1. The van der Waals surface area contributed by atoms with Crippen molar-refractivity contribution in [1.82, 2.24) is 9.97 Å². The first kappa shape index (κ1) is 23.1. The van der Waals surface area contributed by atoms with Crippen LogP contribution in [0.25, 0.3) is 21.8 Å². The molecule has 2 heterocycles. The largest absolute Gasteiger partial charge is 0.513 e. The lowest BCUT2D eigenvalue weighted by atomic mass is 10.1. The Labute approximate surface area is 184 Å². The Morgan fingerprint density at radius 3 is 2.74 bits per heavy atom. The fraction of sp³-hybridized carbons (Fsp3) is 0.400. The van der Waals surface area contributed by atoms with E-state index in [-0.39, 0.29) is 41.2 Å². The van der Waals surface area contributed by atoms with Crippen LogP contribution < -0.4 is 16.0 Å². The maximum Gasteiger partial charge on any atom is 0.513 e. The van der Waals surface area contributed by atoms with E-state index >= 15 is 0 Å². The Kier molecular flexibility index (Phi) is 6.63. The van der Waals surface area contributed by atoms with Gasteiger partial charge in [0.25, 0.3) is 5.56 Å². The van der Waals surface area contributed by atoms with E-state index in [4.69, 9.17) is 15.2 Å². The zero-order valence-electron chi connectivity index (χ0n) is 16.8. The third kappa shape index (κ3) is 4.28. The normalized spacial score (nSPS) is 18.8. The van der Waals surface area contributed by atoms with Crippen molar-refractivity contribution in [2.75, 3.05) is 6.61 Å². The molecule has 1 fully saturated rings. The number of rotatable bonds is 5. The van der Waals surface area contributed by atoms with Gasteiger partial charge >= 0.3 is 6.16 Å². The van der Waals surface area contributed by atoms with E-state index < -0.39 is 26.8 Å². The van der Waals surface area contributed by atoms with Crippen molar-refractivity contribution in [3.63, 3.8) is 0 Å². The smallest absolute Gasteiger partial charge is 0.434 e. The second kappa shape index (κ2) is 8.89. The first-order chi connectivity index (χ1) is 14.3. The first-order valence-electron chi connectivity index (χ1n) is 9.82. The van der Waals surface area contributed by atoms with Gasteiger partial charge in [-0.1, -0.05) is 6.92 Å². The molecule has 31 heavy (non-hydrogen) atoms. The number of nitrogens with two attached hydrogens (primary N) is 1. The van der Waals surface area contributed by atoms with Gasteiger partial charge in [-0.2, -0.15) is 0 Å². The van der Waals surface area contributed by atoms with Gasteiger partial charge in [-0.15, -0.1) is 12.4 Å². The number of sulfone groups is 1. The van der Waals surface area contributed by atoms with Crippen molar-refractivity contribution in [3.05, 3.63) is 34.7 Å². The number of nitrogens with one attached hydrogen (secondary N) is 2. The van der Waals surface area contributed by atoms with Crippen molar-refractivity contribution in [1.29, 1.82) is 0 Å². The summed E-state index contributed by atoms with van der Waals surface area (Å²) in [7, 11) is -3.59. The lowest BCUT2D eigenvalue weighted by molar-refractivity contribution is 0.0997. The van der Waals surface area contributed by atoms with E-state index in [1.807, 2.05) is 6.92 Å². The molecule has 0 spiro atoms. The molecule has 11 heteroatoms. The van der Waals surface area contributed by atoms with Crippen LogP contribution in [0.3, 0.4) is 0 Å². The highest BCUT2D eigenvalue weighted by Gasteiger charge is 2.34. The molecule has 0 amide bonds. The minimum atomic E-state index is -3.59. The molecular formula is C20H24ClN3O6S. The van der Waals surface area contributed by atoms with Gasteiger partial charge in [0.1, 0.15) is 5.52 Å². The summed E-state index contributed by atoms with van der Waals surface area (Å²) in [5.74, 6) is 0.0969. The van der Waals surface area contributed by atoms with Crippen LogP contribution in [0.5, 0.6) is 5.75 Å². The highest BCUT2D eigenvalue weighted by Crippen LogP contribution is 2.34. The quantitative estimate of drug-likeness (QED) is 0.487. The van der Waals surface area contributed by atoms with Gasteiger partial charge in [-0.25, -0.2) is 13.2 Å². The number of benzene rings is 1. The summed E-state index contributed by atoms with van der Waals surface area (Å²) in [6.45, 7) is 2.06. The Morgan fingerprint density at radius 2 is 2.06 bits per heavy atom. The molecule has 2 aromatic heterocycles. The highest BCUT2D eigenvalue weighted by molar-refractivity contribution is 7.92.